The summed E-state index contributed by atoms with van der Waals surface area (Å²) in [6, 6.07) is 7.94. The van der Waals surface area contributed by atoms with Gasteiger partial charge >= 0.3 is 12.1 Å². The third kappa shape index (κ3) is 4.53. The molecule has 10 heteroatoms. The average Bonchev–Trinajstić information content (AvgIpc) is 3.22. The van der Waals surface area contributed by atoms with E-state index < -0.39 is 35.4 Å². The lowest BCUT2D eigenvalue weighted by molar-refractivity contribution is -0.146. The van der Waals surface area contributed by atoms with E-state index in [0.717, 1.165) is 17.0 Å². The second kappa shape index (κ2) is 8.16. The molecule has 3 rings (SSSR count). The van der Waals surface area contributed by atoms with Crippen molar-refractivity contribution < 1.29 is 32.3 Å². The molecule has 1 aromatic heterocycles. The first-order valence-corrected chi connectivity index (χ1v) is 9.28. The first-order chi connectivity index (χ1) is 13.7. The van der Waals surface area contributed by atoms with Crippen molar-refractivity contribution in [2.45, 2.75) is 13.1 Å². The first kappa shape index (κ1) is 20.7. The number of rotatable bonds is 5. The maximum atomic E-state index is 13.0. The van der Waals surface area contributed by atoms with Crippen LogP contribution in [0.3, 0.4) is 0 Å². The minimum Gasteiger partial charge on any atom is -0.465 e. The van der Waals surface area contributed by atoms with Gasteiger partial charge in [-0.15, -0.1) is 0 Å². The number of nitrogens with zero attached hydrogens (tertiary/aromatic N) is 2. The van der Waals surface area contributed by atoms with Crippen molar-refractivity contribution in [1.29, 1.82) is 0 Å². The van der Waals surface area contributed by atoms with Gasteiger partial charge in [-0.05, 0) is 55.1 Å². The summed E-state index contributed by atoms with van der Waals surface area (Å²) in [6.07, 6.45) is -1.54. The fourth-order valence-electron chi connectivity index (χ4n) is 2.69. The molecule has 1 saturated heterocycles. The number of benzene rings is 1. The van der Waals surface area contributed by atoms with Crippen LogP contribution in [0, 0.1) is 0 Å². The summed E-state index contributed by atoms with van der Waals surface area (Å²) in [5, 5.41) is -0.619. The molecule has 0 N–H and O–H groups in total. The zero-order valence-corrected chi connectivity index (χ0v) is 15.9. The average molecular weight is 424 g/mol. The highest BCUT2D eigenvalue weighted by Crippen LogP contribution is 2.33. The Morgan fingerprint density at radius 3 is 2.66 bits per heavy atom. The van der Waals surface area contributed by atoms with Gasteiger partial charge in [0.2, 0.25) is 0 Å². The van der Waals surface area contributed by atoms with Crippen LogP contribution in [0.15, 0.2) is 47.5 Å². The summed E-state index contributed by atoms with van der Waals surface area (Å²) in [7, 11) is 0. The van der Waals surface area contributed by atoms with E-state index in [1.54, 1.807) is 25.3 Å². The van der Waals surface area contributed by atoms with Crippen LogP contribution in [0.4, 0.5) is 18.0 Å². The van der Waals surface area contributed by atoms with E-state index in [-0.39, 0.29) is 17.2 Å². The predicted molar refractivity (Wildman–Crippen MR) is 100 cm³/mol. The van der Waals surface area contributed by atoms with Gasteiger partial charge in [0.05, 0.1) is 17.1 Å². The molecule has 0 saturated carbocycles. The lowest BCUT2D eigenvalue weighted by atomic mass is 10.2. The van der Waals surface area contributed by atoms with E-state index in [4.69, 9.17) is 4.74 Å². The van der Waals surface area contributed by atoms with Gasteiger partial charge in [0, 0.05) is 17.6 Å². The third-order valence-electron chi connectivity index (χ3n) is 3.98. The molecule has 2 amide bonds. The minimum atomic E-state index is -4.49. The lowest BCUT2D eigenvalue weighted by Gasteiger charge is -2.12. The maximum absolute atomic E-state index is 13.0. The molecule has 0 bridgehead atoms. The molecule has 0 spiro atoms. The SMILES string of the molecule is CCOC(=O)CN1C(=O)SC(=Cc2cccn2-c2cccc(C(F)(F)F)c2)C1=O. The fourth-order valence-corrected chi connectivity index (χ4v) is 3.51. The molecule has 0 unspecified atom stereocenters. The summed E-state index contributed by atoms with van der Waals surface area (Å²) in [5.74, 6) is -1.37. The lowest BCUT2D eigenvalue weighted by Crippen LogP contribution is -2.34. The van der Waals surface area contributed by atoms with E-state index in [1.165, 1.54) is 22.8 Å². The number of esters is 1. The van der Waals surface area contributed by atoms with E-state index in [9.17, 15) is 27.6 Å². The Morgan fingerprint density at radius 1 is 1.21 bits per heavy atom. The number of halogens is 3. The van der Waals surface area contributed by atoms with Crippen LogP contribution in [0.5, 0.6) is 0 Å². The number of carbonyl (C=O) groups excluding carboxylic acids is 3. The van der Waals surface area contributed by atoms with Crippen LogP contribution in [-0.4, -0.2) is 39.7 Å². The second-order valence-corrected chi connectivity index (χ2v) is 6.92. The Kier molecular flexibility index (Phi) is 5.83. The van der Waals surface area contributed by atoms with Gasteiger partial charge in [0.25, 0.3) is 11.1 Å². The monoisotopic (exact) mass is 424 g/mol. The quantitative estimate of drug-likeness (QED) is 0.534. The van der Waals surface area contributed by atoms with Crippen LogP contribution >= 0.6 is 11.8 Å². The topological polar surface area (TPSA) is 68.6 Å². The van der Waals surface area contributed by atoms with Gasteiger partial charge in [0.1, 0.15) is 6.54 Å². The van der Waals surface area contributed by atoms with Crippen molar-refractivity contribution in [2.24, 2.45) is 0 Å². The minimum absolute atomic E-state index is 0.0613. The number of thioether (sulfide) groups is 1. The van der Waals surface area contributed by atoms with Gasteiger partial charge in [-0.2, -0.15) is 13.2 Å². The normalized spacial score (nSPS) is 16.0. The molecule has 1 aromatic carbocycles. The molecule has 29 heavy (non-hydrogen) atoms. The number of alkyl halides is 3. The smallest absolute Gasteiger partial charge is 0.416 e. The number of hydrogen-bond donors (Lipinski definition) is 0. The van der Waals surface area contributed by atoms with E-state index in [1.807, 2.05) is 0 Å². The van der Waals surface area contributed by atoms with Crippen molar-refractivity contribution in [1.82, 2.24) is 9.47 Å². The molecule has 2 heterocycles. The molecule has 152 valence electrons. The highest BCUT2D eigenvalue weighted by atomic mass is 32.2. The summed E-state index contributed by atoms with van der Waals surface area (Å²) >= 11 is 0.649. The Balaban J connectivity index is 1.88. The van der Waals surface area contributed by atoms with Crippen LogP contribution in [0.25, 0.3) is 11.8 Å². The van der Waals surface area contributed by atoms with Crippen LogP contribution < -0.4 is 0 Å². The van der Waals surface area contributed by atoms with Crippen molar-refractivity contribution in [3.05, 3.63) is 58.8 Å². The predicted octanol–water partition coefficient (Wildman–Crippen LogP) is 4.10. The molecular formula is C19H15F3N2O4S. The first-order valence-electron chi connectivity index (χ1n) is 8.46. The third-order valence-corrected chi connectivity index (χ3v) is 4.88. The van der Waals surface area contributed by atoms with Gasteiger partial charge in [0.15, 0.2) is 0 Å². The largest absolute Gasteiger partial charge is 0.465 e. The van der Waals surface area contributed by atoms with Crippen molar-refractivity contribution in [3.63, 3.8) is 0 Å². The molecular weight excluding hydrogens is 409 g/mol. The number of ether oxygens (including phenoxy) is 1. The Hall–Kier alpha value is -3.01. The van der Waals surface area contributed by atoms with E-state index in [0.29, 0.717) is 17.5 Å². The van der Waals surface area contributed by atoms with Gasteiger partial charge in [-0.3, -0.25) is 19.3 Å². The molecule has 1 aliphatic rings. The standard InChI is InChI=1S/C19H15F3N2O4S/c1-2-28-16(25)11-24-17(26)15(29-18(24)27)10-14-7-4-8-23(14)13-6-3-5-12(9-13)19(20,21)22/h3-10H,2,11H2,1H3. The zero-order valence-electron chi connectivity index (χ0n) is 15.1. The Bertz CT molecular complexity index is 997. The maximum Gasteiger partial charge on any atom is 0.416 e. The Labute approximate surface area is 167 Å². The molecule has 0 aliphatic carbocycles. The molecule has 0 atom stereocenters. The van der Waals surface area contributed by atoms with Gasteiger partial charge < -0.3 is 9.30 Å². The summed E-state index contributed by atoms with van der Waals surface area (Å²) in [5.41, 5.74) is -0.141. The molecule has 1 aliphatic heterocycles. The summed E-state index contributed by atoms with van der Waals surface area (Å²) < 4.78 is 45.2. The van der Waals surface area contributed by atoms with Gasteiger partial charge in [-0.25, -0.2) is 0 Å². The van der Waals surface area contributed by atoms with Crippen molar-refractivity contribution >= 4 is 35.0 Å². The Morgan fingerprint density at radius 2 is 1.97 bits per heavy atom. The van der Waals surface area contributed by atoms with Crippen LogP contribution in [0.2, 0.25) is 0 Å². The van der Waals surface area contributed by atoms with Crippen LogP contribution in [0.1, 0.15) is 18.2 Å². The molecule has 2 aromatic rings. The number of amides is 2. The number of imide groups is 1. The second-order valence-electron chi connectivity index (χ2n) is 5.92. The summed E-state index contributed by atoms with van der Waals surface area (Å²) in [6.45, 7) is 1.23. The molecule has 1 fully saturated rings. The highest BCUT2D eigenvalue weighted by Gasteiger charge is 2.37. The van der Waals surface area contributed by atoms with Crippen molar-refractivity contribution in [2.75, 3.05) is 13.2 Å². The van der Waals surface area contributed by atoms with Crippen LogP contribution in [-0.2, 0) is 20.5 Å². The van der Waals surface area contributed by atoms with Gasteiger partial charge in [-0.1, -0.05) is 6.07 Å². The number of carbonyl (C=O) groups is 3. The number of aromatic nitrogens is 1. The highest BCUT2D eigenvalue weighted by molar-refractivity contribution is 8.18. The fraction of sp³-hybridized carbons (Fsp3) is 0.211. The van der Waals surface area contributed by atoms with Crippen molar-refractivity contribution in [3.8, 4) is 5.69 Å². The van der Waals surface area contributed by atoms with E-state index in [2.05, 4.69) is 0 Å². The zero-order chi connectivity index (χ0) is 21.2. The summed E-state index contributed by atoms with van der Waals surface area (Å²) in [4.78, 5) is 36.9. The number of hydrogen-bond acceptors (Lipinski definition) is 5. The van der Waals surface area contributed by atoms with E-state index >= 15 is 0 Å². The molecule has 6 nitrogen and oxygen atoms in total. The molecule has 0 radical (unpaired) electrons.